The first-order chi connectivity index (χ1) is 6.20. The van der Waals surface area contributed by atoms with E-state index in [1.165, 1.54) is 0 Å². The number of rotatable bonds is 1. The van der Waals surface area contributed by atoms with Crippen molar-refractivity contribution in [2.75, 3.05) is 11.9 Å². The third-order valence-electron chi connectivity index (χ3n) is 2.05. The van der Waals surface area contributed by atoms with Gasteiger partial charge in [0.15, 0.2) is 0 Å². The van der Waals surface area contributed by atoms with E-state index in [2.05, 4.69) is 9.98 Å². The second-order valence-corrected chi connectivity index (χ2v) is 2.86. The number of amidine groups is 1. The number of aromatic amines is 1. The summed E-state index contributed by atoms with van der Waals surface area (Å²) in [4.78, 5) is 19.2. The highest BCUT2D eigenvalue weighted by molar-refractivity contribution is 6.40. The Kier molecular flexibility index (Phi) is 1.58. The molecule has 1 aliphatic heterocycles. The van der Waals surface area contributed by atoms with E-state index in [9.17, 15) is 4.79 Å². The van der Waals surface area contributed by atoms with E-state index < -0.39 is 5.97 Å². The van der Waals surface area contributed by atoms with Crippen LogP contribution in [0.3, 0.4) is 0 Å². The molecule has 0 radical (unpaired) electrons. The van der Waals surface area contributed by atoms with Crippen molar-refractivity contribution < 1.29 is 9.90 Å². The van der Waals surface area contributed by atoms with Gasteiger partial charge in [-0.25, -0.2) is 4.79 Å². The molecule has 0 spiro atoms. The number of likely N-dealkylation sites (N-methyl/N-ethyl adjacent to an activating group) is 1. The van der Waals surface area contributed by atoms with Crippen molar-refractivity contribution in [1.82, 2.24) is 4.98 Å². The van der Waals surface area contributed by atoms with Crippen LogP contribution in [0.15, 0.2) is 17.3 Å². The molecule has 2 N–H and O–H groups in total. The SMILES string of the molecule is CN1C(C(=O)O)=NCc2cc[nH]c21. The van der Waals surface area contributed by atoms with Crippen molar-refractivity contribution in [3.8, 4) is 0 Å². The van der Waals surface area contributed by atoms with Crippen molar-refractivity contribution in [3.63, 3.8) is 0 Å². The Morgan fingerprint density at radius 1 is 1.77 bits per heavy atom. The molecule has 13 heavy (non-hydrogen) atoms. The lowest BCUT2D eigenvalue weighted by Crippen LogP contribution is -2.36. The molecule has 1 aliphatic rings. The van der Waals surface area contributed by atoms with Gasteiger partial charge in [0.2, 0.25) is 5.84 Å². The van der Waals surface area contributed by atoms with E-state index in [-0.39, 0.29) is 5.84 Å². The molecule has 68 valence electrons. The number of H-pyrrole nitrogens is 1. The number of hydrogen-bond acceptors (Lipinski definition) is 3. The zero-order chi connectivity index (χ0) is 9.42. The summed E-state index contributed by atoms with van der Waals surface area (Å²) < 4.78 is 0. The van der Waals surface area contributed by atoms with Crippen LogP contribution in [0.4, 0.5) is 5.82 Å². The maximum atomic E-state index is 10.7. The van der Waals surface area contributed by atoms with E-state index >= 15 is 0 Å². The summed E-state index contributed by atoms with van der Waals surface area (Å²) in [5, 5.41) is 8.79. The minimum absolute atomic E-state index is 0.0787. The first kappa shape index (κ1) is 7.85. The molecule has 0 aliphatic carbocycles. The Morgan fingerprint density at radius 2 is 2.54 bits per heavy atom. The van der Waals surface area contributed by atoms with E-state index in [0.29, 0.717) is 6.54 Å². The second-order valence-electron chi connectivity index (χ2n) is 2.86. The van der Waals surface area contributed by atoms with Gasteiger partial charge in [0.05, 0.1) is 6.54 Å². The maximum absolute atomic E-state index is 10.7. The minimum Gasteiger partial charge on any atom is -0.475 e. The lowest BCUT2D eigenvalue weighted by molar-refractivity contribution is -0.129. The fourth-order valence-electron chi connectivity index (χ4n) is 1.42. The number of carboxylic acids is 1. The molecule has 1 aromatic rings. The molecule has 0 bridgehead atoms. The van der Waals surface area contributed by atoms with Gasteiger partial charge in [0.25, 0.3) is 0 Å². The average Bonchev–Trinajstić information content (AvgIpc) is 2.52. The highest BCUT2D eigenvalue weighted by atomic mass is 16.4. The van der Waals surface area contributed by atoms with Crippen LogP contribution in [0.5, 0.6) is 0 Å². The number of aliphatic imine (C=N–C) groups is 1. The number of carboxylic acid groups (broad SMARTS) is 1. The van der Waals surface area contributed by atoms with Gasteiger partial charge in [-0.2, -0.15) is 0 Å². The number of nitrogens with one attached hydrogen (secondary N) is 1. The monoisotopic (exact) mass is 179 g/mol. The van der Waals surface area contributed by atoms with Gasteiger partial charge >= 0.3 is 5.97 Å². The molecule has 5 heteroatoms. The molecule has 0 fully saturated rings. The molecule has 2 heterocycles. The third-order valence-corrected chi connectivity index (χ3v) is 2.05. The Balaban J connectivity index is 2.41. The lowest BCUT2D eigenvalue weighted by atomic mass is 10.2. The molecule has 0 aromatic carbocycles. The Bertz CT molecular complexity index is 380. The van der Waals surface area contributed by atoms with Crippen molar-refractivity contribution in [2.24, 2.45) is 4.99 Å². The molecule has 0 atom stereocenters. The lowest BCUT2D eigenvalue weighted by Gasteiger charge is -2.22. The highest BCUT2D eigenvalue weighted by Crippen LogP contribution is 2.22. The number of nitrogens with zero attached hydrogens (tertiary/aromatic N) is 2. The smallest absolute Gasteiger partial charge is 0.371 e. The van der Waals surface area contributed by atoms with Crippen molar-refractivity contribution >= 4 is 17.6 Å². The summed E-state index contributed by atoms with van der Waals surface area (Å²) in [7, 11) is 1.68. The molecule has 5 nitrogen and oxygen atoms in total. The van der Waals surface area contributed by atoms with Crippen LogP contribution in [0, 0.1) is 0 Å². The van der Waals surface area contributed by atoms with Gasteiger partial charge < -0.3 is 15.0 Å². The van der Waals surface area contributed by atoms with Crippen LogP contribution in [0.25, 0.3) is 0 Å². The Hall–Kier alpha value is -1.78. The summed E-state index contributed by atoms with van der Waals surface area (Å²) in [5.74, 6) is -0.106. The van der Waals surface area contributed by atoms with Crippen LogP contribution >= 0.6 is 0 Å². The predicted molar refractivity (Wildman–Crippen MR) is 48.0 cm³/mol. The first-order valence-corrected chi connectivity index (χ1v) is 3.88. The summed E-state index contributed by atoms with van der Waals surface area (Å²) >= 11 is 0. The number of carbonyl (C=O) groups is 1. The predicted octanol–water partition coefficient (Wildman–Crippen LogP) is 0.448. The van der Waals surface area contributed by atoms with E-state index in [0.717, 1.165) is 11.4 Å². The van der Waals surface area contributed by atoms with Gasteiger partial charge in [-0.15, -0.1) is 0 Å². The van der Waals surface area contributed by atoms with Gasteiger partial charge in [-0.3, -0.25) is 4.99 Å². The van der Waals surface area contributed by atoms with Gasteiger partial charge in [0, 0.05) is 18.8 Å². The largest absolute Gasteiger partial charge is 0.475 e. The van der Waals surface area contributed by atoms with E-state index in [4.69, 9.17) is 5.11 Å². The summed E-state index contributed by atoms with van der Waals surface area (Å²) in [6.45, 7) is 0.435. The normalized spacial score (nSPS) is 15.2. The maximum Gasteiger partial charge on any atom is 0.371 e. The summed E-state index contributed by atoms with van der Waals surface area (Å²) in [6.07, 6.45) is 1.78. The second kappa shape index (κ2) is 2.62. The Labute approximate surface area is 74.7 Å². The van der Waals surface area contributed by atoms with Crippen molar-refractivity contribution in [3.05, 3.63) is 17.8 Å². The third kappa shape index (κ3) is 1.09. The highest BCUT2D eigenvalue weighted by Gasteiger charge is 2.23. The zero-order valence-electron chi connectivity index (χ0n) is 7.11. The minimum atomic E-state index is -0.997. The molecular formula is C8H9N3O2. The molecular weight excluding hydrogens is 170 g/mol. The standard InChI is InChI=1S/C8H9N3O2/c1-11-6-5(2-3-9-6)4-10-7(11)8(12)13/h2-3,9H,4H2,1H3,(H,12,13). The molecule has 0 saturated heterocycles. The topological polar surface area (TPSA) is 68.7 Å². The number of aliphatic carboxylic acids is 1. The molecule has 2 rings (SSSR count). The molecule has 0 amide bonds. The van der Waals surface area contributed by atoms with Gasteiger partial charge in [-0.05, 0) is 6.07 Å². The number of hydrogen-bond donors (Lipinski definition) is 2. The van der Waals surface area contributed by atoms with Gasteiger partial charge in [-0.1, -0.05) is 0 Å². The Morgan fingerprint density at radius 3 is 3.23 bits per heavy atom. The molecule has 0 unspecified atom stereocenters. The van der Waals surface area contributed by atoms with Crippen LogP contribution in [0.1, 0.15) is 5.56 Å². The molecule has 0 saturated carbocycles. The zero-order valence-corrected chi connectivity index (χ0v) is 7.11. The number of fused-ring (bicyclic) bond motifs is 1. The van der Waals surface area contributed by atoms with E-state index in [1.54, 1.807) is 18.1 Å². The quantitative estimate of drug-likeness (QED) is 0.657. The van der Waals surface area contributed by atoms with Crippen molar-refractivity contribution in [1.29, 1.82) is 0 Å². The summed E-state index contributed by atoms with van der Waals surface area (Å²) in [5.41, 5.74) is 1.02. The molecule has 1 aromatic heterocycles. The average molecular weight is 179 g/mol. The van der Waals surface area contributed by atoms with Crippen molar-refractivity contribution in [2.45, 2.75) is 6.54 Å². The first-order valence-electron chi connectivity index (χ1n) is 3.88. The fraction of sp³-hybridized carbons (Fsp3) is 0.250. The van der Waals surface area contributed by atoms with Crippen LogP contribution in [-0.2, 0) is 11.3 Å². The van der Waals surface area contributed by atoms with Crippen LogP contribution in [0.2, 0.25) is 0 Å². The van der Waals surface area contributed by atoms with E-state index in [1.807, 2.05) is 6.07 Å². The number of aromatic nitrogens is 1. The van der Waals surface area contributed by atoms with Crippen LogP contribution in [-0.4, -0.2) is 28.9 Å². The fourth-order valence-corrected chi connectivity index (χ4v) is 1.42. The van der Waals surface area contributed by atoms with Crippen LogP contribution < -0.4 is 4.90 Å². The number of anilines is 1. The van der Waals surface area contributed by atoms with Gasteiger partial charge in [0.1, 0.15) is 5.82 Å². The summed E-state index contributed by atoms with van der Waals surface area (Å²) in [6, 6.07) is 1.90.